The molecule has 0 bridgehead atoms. The number of hydrogen-bond acceptors (Lipinski definition) is 2. The van der Waals surface area contributed by atoms with Crippen molar-refractivity contribution in [1.29, 1.82) is 5.26 Å². The number of hydrogen-bond donors (Lipinski definition) is 1. The Morgan fingerprint density at radius 1 is 1.57 bits per heavy atom. The molecular formula is C13H9BrClF2N3O. The summed E-state index contributed by atoms with van der Waals surface area (Å²) >= 11 is 9.13. The van der Waals surface area contributed by atoms with Crippen LogP contribution in [0.15, 0.2) is 18.2 Å². The maximum atomic E-state index is 13.3. The molecule has 1 aromatic carbocycles. The normalized spacial score (nSPS) is 14.1. The largest absolute Gasteiger partial charge is 0.367 e. The molecule has 0 radical (unpaired) electrons. The number of rotatable bonds is 3. The number of fused-ring (bicyclic) bond motifs is 1. The zero-order valence-corrected chi connectivity index (χ0v) is 13.0. The molecular weight excluding hydrogens is 368 g/mol. The smallest absolute Gasteiger partial charge is 0.278 e. The first-order valence-electron chi connectivity index (χ1n) is 5.73. The third kappa shape index (κ3) is 2.39. The second-order valence-corrected chi connectivity index (χ2v) is 6.42. The van der Waals surface area contributed by atoms with Gasteiger partial charge in [-0.1, -0.05) is 27.5 Å². The minimum absolute atomic E-state index is 0.0587. The first-order chi connectivity index (χ1) is 9.71. The van der Waals surface area contributed by atoms with E-state index in [0.29, 0.717) is 0 Å². The molecule has 1 amide bonds. The molecule has 110 valence electrons. The third-order valence-electron chi connectivity index (χ3n) is 3.16. The molecule has 0 aliphatic rings. The molecule has 1 atom stereocenters. The van der Waals surface area contributed by atoms with Gasteiger partial charge in [0.2, 0.25) is 0 Å². The van der Waals surface area contributed by atoms with E-state index in [1.54, 1.807) is 0 Å². The van der Waals surface area contributed by atoms with E-state index in [4.69, 9.17) is 22.6 Å². The number of primary amides is 1. The Morgan fingerprint density at radius 3 is 2.67 bits per heavy atom. The summed E-state index contributed by atoms with van der Waals surface area (Å²) < 4.78 is 26.1. The van der Waals surface area contributed by atoms with E-state index in [2.05, 4.69) is 15.9 Å². The Balaban J connectivity index is 2.93. The van der Waals surface area contributed by atoms with Gasteiger partial charge in [-0.05, 0) is 25.1 Å². The fourth-order valence-corrected chi connectivity index (χ4v) is 2.74. The van der Waals surface area contributed by atoms with Crippen LogP contribution in [0.5, 0.6) is 0 Å². The van der Waals surface area contributed by atoms with Crippen LogP contribution in [0, 0.1) is 11.3 Å². The average Bonchev–Trinajstić information content (AvgIpc) is 2.80. The van der Waals surface area contributed by atoms with Crippen molar-refractivity contribution in [2.24, 2.45) is 5.73 Å². The molecule has 2 N–H and O–H groups in total. The Hall–Kier alpha value is -1.65. The number of nitriles is 1. The maximum absolute atomic E-state index is 13.3. The van der Waals surface area contributed by atoms with Crippen molar-refractivity contribution in [2.45, 2.75) is 17.8 Å². The topological polar surface area (TPSA) is 71.8 Å². The Kier molecular flexibility index (Phi) is 3.95. The van der Waals surface area contributed by atoms with Gasteiger partial charge in [0, 0.05) is 5.39 Å². The van der Waals surface area contributed by atoms with Crippen LogP contribution in [0.2, 0.25) is 5.02 Å². The van der Waals surface area contributed by atoms with Gasteiger partial charge in [0.15, 0.2) is 4.45 Å². The quantitative estimate of drug-likeness (QED) is 0.830. The number of nitrogens with two attached hydrogens (primary N) is 1. The first-order valence-corrected chi connectivity index (χ1v) is 6.90. The van der Waals surface area contributed by atoms with Gasteiger partial charge in [0.05, 0.1) is 21.8 Å². The van der Waals surface area contributed by atoms with Crippen molar-refractivity contribution in [3.8, 4) is 6.07 Å². The summed E-state index contributed by atoms with van der Waals surface area (Å²) in [5, 5.41) is 9.26. The molecule has 21 heavy (non-hydrogen) atoms. The van der Waals surface area contributed by atoms with Crippen molar-refractivity contribution in [1.82, 2.24) is 4.57 Å². The first kappa shape index (κ1) is 15.7. The molecule has 1 heterocycles. The van der Waals surface area contributed by atoms with Crippen LogP contribution in [0.3, 0.4) is 0 Å². The van der Waals surface area contributed by atoms with Gasteiger partial charge in [-0.3, -0.25) is 4.79 Å². The standard InChI is InChI=1S/C13H9BrClF2N3O/c1-13(14,12(19)21)20-8-3-2-6(5-18)10(15)7(8)4-9(20)11(16)17/h2-4,11H,1H3,(H2,19,21). The van der Waals surface area contributed by atoms with Crippen molar-refractivity contribution in [3.63, 3.8) is 0 Å². The lowest BCUT2D eigenvalue weighted by molar-refractivity contribution is -0.121. The van der Waals surface area contributed by atoms with Gasteiger partial charge in [-0.15, -0.1) is 0 Å². The van der Waals surface area contributed by atoms with E-state index < -0.39 is 22.5 Å². The van der Waals surface area contributed by atoms with Crippen molar-refractivity contribution in [3.05, 3.63) is 34.5 Å². The van der Waals surface area contributed by atoms with E-state index in [0.717, 1.165) is 10.6 Å². The number of alkyl halides is 3. The van der Waals surface area contributed by atoms with Crippen LogP contribution < -0.4 is 5.73 Å². The molecule has 4 nitrogen and oxygen atoms in total. The summed E-state index contributed by atoms with van der Waals surface area (Å²) in [6.07, 6.45) is -2.84. The molecule has 1 unspecified atom stereocenters. The van der Waals surface area contributed by atoms with Gasteiger partial charge in [-0.2, -0.15) is 5.26 Å². The SMILES string of the molecule is CC(Br)(C(N)=O)n1c(C(F)F)cc2c(Cl)c(C#N)ccc21. The van der Waals surface area contributed by atoms with Crippen LogP contribution in [0.4, 0.5) is 8.78 Å². The summed E-state index contributed by atoms with van der Waals surface area (Å²) in [5.41, 5.74) is 5.31. The van der Waals surface area contributed by atoms with Crippen LogP contribution in [0.1, 0.15) is 24.6 Å². The van der Waals surface area contributed by atoms with Gasteiger partial charge in [0.1, 0.15) is 6.07 Å². The van der Waals surface area contributed by atoms with Gasteiger partial charge >= 0.3 is 0 Å². The molecule has 2 rings (SSSR count). The minimum Gasteiger partial charge on any atom is -0.367 e. The average molecular weight is 377 g/mol. The predicted molar refractivity (Wildman–Crippen MR) is 78.4 cm³/mol. The highest BCUT2D eigenvalue weighted by Crippen LogP contribution is 2.39. The number of carbonyl (C=O) groups is 1. The lowest BCUT2D eigenvalue weighted by Crippen LogP contribution is -2.39. The summed E-state index contributed by atoms with van der Waals surface area (Å²) in [7, 11) is 0. The number of halogens is 4. The van der Waals surface area contributed by atoms with E-state index in [9.17, 15) is 13.6 Å². The number of amides is 1. The van der Waals surface area contributed by atoms with E-state index in [1.807, 2.05) is 6.07 Å². The van der Waals surface area contributed by atoms with E-state index in [1.165, 1.54) is 19.1 Å². The van der Waals surface area contributed by atoms with Gasteiger partial charge in [0.25, 0.3) is 12.3 Å². The second-order valence-electron chi connectivity index (χ2n) is 4.49. The molecule has 0 aliphatic carbocycles. The minimum atomic E-state index is -2.84. The molecule has 0 saturated carbocycles. The Bertz CT molecular complexity index is 780. The van der Waals surface area contributed by atoms with Crippen molar-refractivity contribution in [2.75, 3.05) is 0 Å². The Labute approximate surface area is 132 Å². The fraction of sp³-hybridized carbons (Fsp3) is 0.231. The number of benzene rings is 1. The number of aromatic nitrogens is 1. The highest BCUT2D eigenvalue weighted by molar-refractivity contribution is 9.10. The Morgan fingerprint density at radius 2 is 2.19 bits per heavy atom. The zero-order valence-electron chi connectivity index (χ0n) is 10.7. The lowest BCUT2D eigenvalue weighted by atomic mass is 10.1. The monoisotopic (exact) mass is 375 g/mol. The highest BCUT2D eigenvalue weighted by Gasteiger charge is 2.35. The van der Waals surface area contributed by atoms with E-state index >= 15 is 0 Å². The zero-order chi connectivity index (χ0) is 15.9. The third-order valence-corrected chi connectivity index (χ3v) is 4.31. The van der Waals surface area contributed by atoms with E-state index in [-0.39, 0.29) is 21.5 Å². The van der Waals surface area contributed by atoms with Crippen LogP contribution >= 0.6 is 27.5 Å². The summed E-state index contributed by atoms with van der Waals surface area (Å²) in [4.78, 5) is 11.6. The van der Waals surface area contributed by atoms with Gasteiger partial charge < -0.3 is 10.3 Å². The molecule has 0 saturated heterocycles. The van der Waals surface area contributed by atoms with Crippen molar-refractivity contribution < 1.29 is 13.6 Å². The second kappa shape index (κ2) is 5.28. The van der Waals surface area contributed by atoms with Crippen LogP contribution in [-0.2, 0) is 9.24 Å². The molecule has 0 aliphatic heterocycles. The molecule has 1 aromatic heterocycles. The summed E-state index contributed by atoms with van der Waals surface area (Å²) in [6, 6.07) is 5.89. The van der Waals surface area contributed by atoms with Crippen LogP contribution in [-0.4, -0.2) is 10.5 Å². The predicted octanol–water partition coefficient (Wildman–Crippen LogP) is 3.66. The maximum Gasteiger partial charge on any atom is 0.278 e. The van der Waals surface area contributed by atoms with Gasteiger partial charge in [-0.25, -0.2) is 8.78 Å². The number of carbonyl (C=O) groups excluding carboxylic acids is 1. The fourth-order valence-electron chi connectivity index (χ4n) is 2.09. The lowest BCUT2D eigenvalue weighted by Gasteiger charge is -2.24. The summed E-state index contributed by atoms with van der Waals surface area (Å²) in [6.45, 7) is 1.37. The molecule has 2 aromatic rings. The van der Waals surface area contributed by atoms with Crippen molar-refractivity contribution >= 4 is 44.3 Å². The number of nitrogens with zero attached hydrogens (tertiary/aromatic N) is 2. The molecule has 8 heteroatoms. The van der Waals surface area contributed by atoms with Crippen LogP contribution in [0.25, 0.3) is 10.9 Å². The summed E-state index contributed by atoms with van der Waals surface area (Å²) in [5.74, 6) is -0.831. The highest BCUT2D eigenvalue weighted by atomic mass is 79.9. The molecule has 0 spiro atoms. The molecule has 0 fully saturated rings.